The van der Waals surface area contributed by atoms with Gasteiger partial charge in [-0.2, -0.15) is 0 Å². The van der Waals surface area contributed by atoms with Crippen molar-refractivity contribution in [1.29, 1.82) is 0 Å². The molecule has 5 nitrogen and oxygen atoms in total. The van der Waals surface area contributed by atoms with Crippen molar-refractivity contribution in [3.8, 4) is 0 Å². The predicted octanol–water partition coefficient (Wildman–Crippen LogP) is 3.46. The Bertz CT molecular complexity index is 638. The first-order valence-corrected chi connectivity index (χ1v) is 10.3. The number of fused-ring (bicyclic) bond motifs is 1. The zero-order valence-corrected chi connectivity index (χ0v) is 17.3. The van der Waals surface area contributed by atoms with Gasteiger partial charge >= 0.3 is 6.03 Å². The monoisotopic (exact) mass is 373 g/mol. The topological polar surface area (TPSA) is 53.6 Å². The minimum Gasteiger partial charge on any atom is -0.379 e. The number of carbonyl (C=O) groups excluding carboxylic acids is 1. The molecule has 1 aromatic carbocycles. The molecule has 1 saturated heterocycles. The van der Waals surface area contributed by atoms with E-state index in [9.17, 15) is 4.79 Å². The number of rotatable bonds is 5. The second-order valence-electron chi connectivity index (χ2n) is 8.88. The molecular formula is C22H35N3O2. The highest BCUT2D eigenvalue weighted by Crippen LogP contribution is 2.41. The number of urea groups is 1. The molecule has 3 rings (SSSR count). The normalized spacial score (nSPS) is 23.5. The molecule has 2 N–H and O–H groups in total. The third-order valence-corrected chi connectivity index (χ3v) is 6.18. The van der Waals surface area contributed by atoms with Crippen LogP contribution in [0.1, 0.15) is 57.7 Å². The quantitative estimate of drug-likeness (QED) is 0.831. The van der Waals surface area contributed by atoms with Gasteiger partial charge in [0.15, 0.2) is 0 Å². The SMILES string of the molecule is CC(C)C(CNC(=O)NC1CCC(C)(C)c2ccccc21)N1CCOCC1. The van der Waals surface area contributed by atoms with E-state index in [4.69, 9.17) is 4.74 Å². The van der Waals surface area contributed by atoms with Crippen LogP contribution in [0.2, 0.25) is 0 Å². The predicted molar refractivity (Wildman–Crippen MR) is 109 cm³/mol. The molecule has 0 aromatic heterocycles. The molecule has 27 heavy (non-hydrogen) atoms. The van der Waals surface area contributed by atoms with Gasteiger partial charge < -0.3 is 15.4 Å². The number of amides is 2. The van der Waals surface area contributed by atoms with Gasteiger partial charge in [-0.15, -0.1) is 0 Å². The zero-order valence-electron chi connectivity index (χ0n) is 17.3. The molecule has 5 heteroatoms. The number of carbonyl (C=O) groups is 1. The molecule has 1 aliphatic carbocycles. The zero-order chi connectivity index (χ0) is 19.4. The van der Waals surface area contributed by atoms with E-state index in [0.29, 0.717) is 18.5 Å². The van der Waals surface area contributed by atoms with Crippen LogP contribution in [0, 0.1) is 5.92 Å². The van der Waals surface area contributed by atoms with Crippen LogP contribution in [-0.4, -0.2) is 49.8 Å². The summed E-state index contributed by atoms with van der Waals surface area (Å²) in [7, 11) is 0. The highest BCUT2D eigenvalue weighted by molar-refractivity contribution is 5.74. The van der Waals surface area contributed by atoms with E-state index in [-0.39, 0.29) is 17.5 Å². The standard InChI is InChI=1S/C22H35N3O2/c1-16(2)20(25-11-13-27-14-12-25)15-23-21(26)24-19-9-10-22(3,4)18-8-6-5-7-17(18)19/h5-8,16,19-20H,9-15H2,1-4H3,(H2,23,24,26). The van der Waals surface area contributed by atoms with Crippen molar-refractivity contribution in [3.05, 3.63) is 35.4 Å². The molecule has 2 aliphatic rings. The van der Waals surface area contributed by atoms with Crippen molar-refractivity contribution in [1.82, 2.24) is 15.5 Å². The Balaban J connectivity index is 1.59. The van der Waals surface area contributed by atoms with Crippen molar-refractivity contribution < 1.29 is 9.53 Å². The van der Waals surface area contributed by atoms with Gasteiger partial charge in [-0.1, -0.05) is 52.0 Å². The lowest BCUT2D eigenvalue weighted by Gasteiger charge is -2.38. The van der Waals surface area contributed by atoms with Gasteiger partial charge in [0.2, 0.25) is 0 Å². The number of ether oxygens (including phenoxy) is 1. The molecule has 1 heterocycles. The molecule has 0 radical (unpaired) electrons. The largest absolute Gasteiger partial charge is 0.379 e. The molecule has 1 aromatic rings. The summed E-state index contributed by atoms with van der Waals surface area (Å²) in [6, 6.07) is 8.90. The molecule has 0 bridgehead atoms. The van der Waals surface area contributed by atoms with Crippen molar-refractivity contribution in [2.45, 2.75) is 58.0 Å². The summed E-state index contributed by atoms with van der Waals surface area (Å²) in [4.78, 5) is 15.1. The maximum Gasteiger partial charge on any atom is 0.315 e. The Morgan fingerprint density at radius 3 is 2.67 bits per heavy atom. The van der Waals surface area contributed by atoms with E-state index < -0.39 is 0 Å². The van der Waals surface area contributed by atoms with E-state index >= 15 is 0 Å². The molecule has 1 fully saturated rings. The van der Waals surface area contributed by atoms with Crippen LogP contribution < -0.4 is 10.6 Å². The van der Waals surface area contributed by atoms with Gasteiger partial charge in [0, 0.05) is 25.7 Å². The molecule has 150 valence electrons. The molecular weight excluding hydrogens is 338 g/mol. The summed E-state index contributed by atoms with van der Waals surface area (Å²) in [6.07, 6.45) is 2.06. The Kier molecular flexibility index (Phi) is 6.43. The maximum absolute atomic E-state index is 12.6. The van der Waals surface area contributed by atoms with E-state index in [2.05, 4.69) is 67.5 Å². The minimum atomic E-state index is -0.0616. The molecule has 0 saturated carbocycles. The van der Waals surface area contributed by atoms with Gasteiger partial charge in [0.05, 0.1) is 19.3 Å². The summed E-state index contributed by atoms with van der Waals surface area (Å²) in [6.45, 7) is 13.1. The second-order valence-corrected chi connectivity index (χ2v) is 8.88. The Morgan fingerprint density at radius 1 is 1.26 bits per heavy atom. The Morgan fingerprint density at radius 2 is 1.96 bits per heavy atom. The van der Waals surface area contributed by atoms with Crippen LogP contribution in [0.15, 0.2) is 24.3 Å². The van der Waals surface area contributed by atoms with Crippen LogP contribution in [0.4, 0.5) is 4.79 Å². The van der Waals surface area contributed by atoms with E-state index in [1.54, 1.807) is 0 Å². The lowest BCUT2D eigenvalue weighted by Crippen LogP contribution is -2.52. The van der Waals surface area contributed by atoms with Crippen molar-refractivity contribution >= 4 is 6.03 Å². The van der Waals surface area contributed by atoms with Gasteiger partial charge in [-0.3, -0.25) is 4.90 Å². The maximum atomic E-state index is 12.6. The van der Waals surface area contributed by atoms with Crippen LogP contribution >= 0.6 is 0 Å². The first kappa shape index (κ1) is 20.2. The number of hydrogen-bond donors (Lipinski definition) is 2. The summed E-state index contributed by atoms with van der Waals surface area (Å²) in [5, 5.41) is 6.34. The summed E-state index contributed by atoms with van der Waals surface area (Å²) in [5.74, 6) is 0.486. The minimum absolute atomic E-state index is 0.0616. The fraction of sp³-hybridized carbons (Fsp3) is 0.682. The first-order chi connectivity index (χ1) is 12.9. The number of nitrogens with zero attached hydrogens (tertiary/aromatic N) is 1. The van der Waals surface area contributed by atoms with Gasteiger partial charge in [-0.25, -0.2) is 4.79 Å². The lowest BCUT2D eigenvalue weighted by atomic mass is 9.71. The molecule has 0 spiro atoms. The number of morpholine rings is 1. The third-order valence-electron chi connectivity index (χ3n) is 6.18. The Labute approximate surface area is 163 Å². The average Bonchev–Trinajstić information content (AvgIpc) is 2.65. The van der Waals surface area contributed by atoms with Crippen molar-refractivity contribution in [3.63, 3.8) is 0 Å². The second kappa shape index (κ2) is 8.61. The highest BCUT2D eigenvalue weighted by Gasteiger charge is 2.33. The van der Waals surface area contributed by atoms with Gasteiger partial charge in [0.25, 0.3) is 0 Å². The van der Waals surface area contributed by atoms with E-state index in [1.807, 2.05) is 0 Å². The average molecular weight is 374 g/mol. The van der Waals surface area contributed by atoms with Gasteiger partial charge in [0.1, 0.15) is 0 Å². The Hall–Kier alpha value is -1.59. The summed E-state index contributed by atoms with van der Waals surface area (Å²) in [5.41, 5.74) is 2.79. The van der Waals surface area contributed by atoms with Crippen LogP contribution in [0.25, 0.3) is 0 Å². The smallest absolute Gasteiger partial charge is 0.315 e. The fourth-order valence-electron chi connectivity index (χ4n) is 4.46. The summed E-state index contributed by atoms with van der Waals surface area (Å²) < 4.78 is 5.46. The van der Waals surface area contributed by atoms with Crippen LogP contribution in [-0.2, 0) is 10.2 Å². The third kappa shape index (κ3) is 4.82. The van der Waals surface area contributed by atoms with E-state index in [0.717, 1.165) is 39.1 Å². The lowest BCUT2D eigenvalue weighted by molar-refractivity contribution is 0.00717. The molecule has 2 amide bonds. The molecule has 2 unspecified atom stereocenters. The van der Waals surface area contributed by atoms with Gasteiger partial charge in [-0.05, 0) is 35.3 Å². The summed E-state index contributed by atoms with van der Waals surface area (Å²) >= 11 is 0. The van der Waals surface area contributed by atoms with Crippen molar-refractivity contribution in [2.75, 3.05) is 32.8 Å². The first-order valence-electron chi connectivity index (χ1n) is 10.3. The fourth-order valence-corrected chi connectivity index (χ4v) is 4.46. The van der Waals surface area contributed by atoms with Crippen LogP contribution in [0.3, 0.4) is 0 Å². The number of benzene rings is 1. The number of hydrogen-bond acceptors (Lipinski definition) is 3. The van der Waals surface area contributed by atoms with Crippen LogP contribution in [0.5, 0.6) is 0 Å². The molecule has 1 aliphatic heterocycles. The van der Waals surface area contributed by atoms with E-state index in [1.165, 1.54) is 11.1 Å². The molecule has 2 atom stereocenters. The highest BCUT2D eigenvalue weighted by atomic mass is 16.5. The van der Waals surface area contributed by atoms with Crippen molar-refractivity contribution in [2.24, 2.45) is 5.92 Å². The number of nitrogens with one attached hydrogen (secondary N) is 2.